The standard InChI is InChI=1S/C8H12N6S/c1-5-8(15-4-10-5)7(12-9)6-3-11-13-14(6)2/h3-4,7,12H,9H2,1-2H3. The number of hydrazine groups is 1. The van der Waals surface area contributed by atoms with Crippen LogP contribution in [0.1, 0.15) is 22.3 Å². The summed E-state index contributed by atoms with van der Waals surface area (Å²) < 4.78 is 1.70. The molecule has 0 spiro atoms. The second-order valence-corrected chi connectivity index (χ2v) is 4.07. The Hall–Kier alpha value is -1.31. The van der Waals surface area contributed by atoms with Gasteiger partial charge in [0.2, 0.25) is 0 Å². The smallest absolute Gasteiger partial charge is 0.100 e. The van der Waals surface area contributed by atoms with Crippen LogP contribution in [-0.4, -0.2) is 20.0 Å². The summed E-state index contributed by atoms with van der Waals surface area (Å²) in [6, 6.07) is -0.0995. The average molecular weight is 224 g/mol. The highest BCUT2D eigenvalue weighted by atomic mass is 32.1. The van der Waals surface area contributed by atoms with Crippen molar-refractivity contribution in [2.45, 2.75) is 13.0 Å². The molecule has 2 aromatic rings. The van der Waals surface area contributed by atoms with Gasteiger partial charge < -0.3 is 0 Å². The molecule has 0 saturated heterocycles. The molecule has 2 heterocycles. The summed E-state index contributed by atoms with van der Waals surface area (Å²) in [5.74, 6) is 5.55. The summed E-state index contributed by atoms with van der Waals surface area (Å²) >= 11 is 1.57. The monoisotopic (exact) mass is 224 g/mol. The Morgan fingerprint density at radius 2 is 2.40 bits per heavy atom. The van der Waals surface area contributed by atoms with Crippen LogP contribution in [0.15, 0.2) is 11.7 Å². The Bertz CT molecular complexity index is 407. The van der Waals surface area contributed by atoms with Crippen molar-refractivity contribution in [1.82, 2.24) is 25.4 Å². The van der Waals surface area contributed by atoms with Crippen LogP contribution in [0.5, 0.6) is 0 Å². The minimum absolute atomic E-state index is 0.0995. The van der Waals surface area contributed by atoms with Gasteiger partial charge in [-0.2, -0.15) is 0 Å². The van der Waals surface area contributed by atoms with Gasteiger partial charge in [-0.1, -0.05) is 5.21 Å². The van der Waals surface area contributed by atoms with Crippen molar-refractivity contribution in [2.24, 2.45) is 12.9 Å². The highest BCUT2D eigenvalue weighted by Crippen LogP contribution is 2.26. The maximum absolute atomic E-state index is 5.55. The van der Waals surface area contributed by atoms with E-state index in [9.17, 15) is 0 Å². The molecule has 0 aliphatic rings. The molecule has 1 unspecified atom stereocenters. The Labute approximate surface area is 91.1 Å². The third-order valence-corrected chi connectivity index (χ3v) is 3.25. The number of hydrogen-bond acceptors (Lipinski definition) is 6. The lowest BCUT2D eigenvalue weighted by Gasteiger charge is -2.14. The van der Waals surface area contributed by atoms with Crippen molar-refractivity contribution in [3.63, 3.8) is 0 Å². The van der Waals surface area contributed by atoms with Crippen LogP contribution in [0, 0.1) is 6.92 Å². The predicted molar refractivity (Wildman–Crippen MR) is 57.0 cm³/mol. The minimum atomic E-state index is -0.0995. The number of hydrogen-bond donors (Lipinski definition) is 2. The van der Waals surface area contributed by atoms with Crippen molar-refractivity contribution in [2.75, 3.05) is 0 Å². The SMILES string of the molecule is Cc1ncsc1C(NN)c1cnnn1C. The summed E-state index contributed by atoms with van der Waals surface area (Å²) in [6.07, 6.45) is 1.70. The van der Waals surface area contributed by atoms with E-state index < -0.39 is 0 Å². The first-order valence-electron chi connectivity index (χ1n) is 4.44. The van der Waals surface area contributed by atoms with Gasteiger partial charge in [0.15, 0.2) is 0 Å². The molecule has 0 aromatic carbocycles. The summed E-state index contributed by atoms with van der Waals surface area (Å²) in [5, 5.41) is 7.71. The molecule has 0 aliphatic heterocycles. The maximum Gasteiger partial charge on any atom is 0.100 e. The second-order valence-electron chi connectivity index (χ2n) is 3.18. The zero-order valence-electron chi connectivity index (χ0n) is 8.51. The molecule has 2 rings (SSSR count). The number of aryl methyl sites for hydroxylation is 2. The number of aromatic nitrogens is 4. The van der Waals surface area contributed by atoms with E-state index in [1.807, 2.05) is 14.0 Å². The van der Waals surface area contributed by atoms with Crippen LogP contribution in [0.2, 0.25) is 0 Å². The van der Waals surface area contributed by atoms with E-state index in [0.29, 0.717) is 0 Å². The van der Waals surface area contributed by atoms with Gasteiger partial charge in [-0.3, -0.25) is 10.5 Å². The molecular weight excluding hydrogens is 212 g/mol. The molecule has 0 radical (unpaired) electrons. The van der Waals surface area contributed by atoms with Gasteiger partial charge >= 0.3 is 0 Å². The van der Waals surface area contributed by atoms with Gasteiger partial charge in [0.1, 0.15) is 6.04 Å². The molecular formula is C8H12N6S. The molecule has 80 valence electrons. The van der Waals surface area contributed by atoms with Crippen molar-refractivity contribution in [1.29, 1.82) is 0 Å². The summed E-state index contributed by atoms with van der Waals surface area (Å²) in [4.78, 5) is 5.28. The van der Waals surface area contributed by atoms with Gasteiger partial charge in [-0.25, -0.2) is 10.4 Å². The van der Waals surface area contributed by atoms with Crippen LogP contribution < -0.4 is 11.3 Å². The fraction of sp³-hybridized carbons (Fsp3) is 0.375. The quantitative estimate of drug-likeness (QED) is 0.572. The number of nitrogens with two attached hydrogens (primary N) is 1. The molecule has 0 amide bonds. The fourth-order valence-corrected chi connectivity index (χ4v) is 2.31. The van der Waals surface area contributed by atoms with Crippen molar-refractivity contribution in [3.8, 4) is 0 Å². The topological polar surface area (TPSA) is 81.7 Å². The molecule has 0 bridgehead atoms. The third-order valence-electron chi connectivity index (χ3n) is 2.26. The first kappa shape index (κ1) is 10.2. The molecule has 3 N–H and O–H groups in total. The van der Waals surface area contributed by atoms with Crippen LogP contribution in [-0.2, 0) is 7.05 Å². The first-order chi connectivity index (χ1) is 7.24. The van der Waals surface area contributed by atoms with Crippen LogP contribution in [0.25, 0.3) is 0 Å². The van der Waals surface area contributed by atoms with Gasteiger partial charge in [0, 0.05) is 7.05 Å². The van der Waals surface area contributed by atoms with E-state index in [-0.39, 0.29) is 6.04 Å². The van der Waals surface area contributed by atoms with E-state index in [0.717, 1.165) is 16.3 Å². The first-order valence-corrected chi connectivity index (χ1v) is 5.32. The van der Waals surface area contributed by atoms with Crippen LogP contribution in [0.4, 0.5) is 0 Å². The molecule has 0 fully saturated rings. The molecule has 6 nitrogen and oxygen atoms in total. The Morgan fingerprint density at radius 1 is 1.60 bits per heavy atom. The molecule has 7 heteroatoms. The maximum atomic E-state index is 5.55. The minimum Gasteiger partial charge on any atom is -0.270 e. The van der Waals surface area contributed by atoms with E-state index in [2.05, 4.69) is 20.7 Å². The average Bonchev–Trinajstić information content (AvgIpc) is 2.80. The van der Waals surface area contributed by atoms with Gasteiger partial charge in [-0.05, 0) is 6.92 Å². The van der Waals surface area contributed by atoms with Crippen molar-refractivity contribution < 1.29 is 0 Å². The zero-order chi connectivity index (χ0) is 10.8. The summed E-state index contributed by atoms with van der Waals surface area (Å²) in [7, 11) is 1.84. The summed E-state index contributed by atoms with van der Waals surface area (Å²) in [6.45, 7) is 1.96. The second kappa shape index (κ2) is 4.05. The lowest BCUT2D eigenvalue weighted by Crippen LogP contribution is -2.30. The van der Waals surface area contributed by atoms with E-state index in [1.54, 1.807) is 27.7 Å². The van der Waals surface area contributed by atoms with Crippen molar-refractivity contribution in [3.05, 3.63) is 28.0 Å². The molecule has 0 aliphatic carbocycles. The summed E-state index contributed by atoms with van der Waals surface area (Å²) in [5.41, 5.74) is 6.46. The fourth-order valence-electron chi connectivity index (χ4n) is 1.44. The number of nitrogens with zero attached hydrogens (tertiary/aromatic N) is 4. The van der Waals surface area contributed by atoms with Gasteiger partial charge in [0.25, 0.3) is 0 Å². The molecule has 0 saturated carbocycles. The Morgan fingerprint density at radius 3 is 2.87 bits per heavy atom. The Balaban J connectivity index is 2.41. The number of thiazole rings is 1. The van der Waals surface area contributed by atoms with E-state index in [4.69, 9.17) is 5.84 Å². The third kappa shape index (κ3) is 1.76. The lowest BCUT2D eigenvalue weighted by molar-refractivity contribution is 0.574. The molecule has 15 heavy (non-hydrogen) atoms. The van der Waals surface area contributed by atoms with Gasteiger partial charge in [0.05, 0.1) is 28.0 Å². The highest BCUT2D eigenvalue weighted by molar-refractivity contribution is 7.09. The van der Waals surface area contributed by atoms with E-state index in [1.165, 1.54) is 0 Å². The van der Waals surface area contributed by atoms with Crippen LogP contribution in [0.3, 0.4) is 0 Å². The van der Waals surface area contributed by atoms with Crippen molar-refractivity contribution >= 4 is 11.3 Å². The lowest BCUT2D eigenvalue weighted by atomic mass is 10.1. The normalized spacial score (nSPS) is 13.0. The Kier molecular flexibility index (Phi) is 2.76. The zero-order valence-corrected chi connectivity index (χ0v) is 9.32. The largest absolute Gasteiger partial charge is 0.270 e. The molecule has 2 aromatic heterocycles. The number of nitrogens with one attached hydrogen (secondary N) is 1. The van der Waals surface area contributed by atoms with Crippen LogP contribution >= 0.6 is 11.3 Å². The van der Waals surface area contributed by atoms with E-state index >= 15 is 0 Å². The number of rotatable bonds is 3. The predicted octanol–water partition coefficient (Wildman–Crippen LogP) is 0.133. The highest BCUT2D eigenvalue weighted by Gasteiger charge is 2.20. The van der Waals surface area contributed by atoms with Gasteiger partial charge in [-0.15, -0.1) is 16.4 Å². The molecule has 1 atom stereocenters.